The first-order valence-electron chi connectivity index (χ1n) is 12.9. The molecule has 6 N–H and O–H groups in total. The molecule has 7 nitrogen and oxygen atoms in total. The number of carbonyl (C=O) groups excluding carboxylic acids is 2. The number of hydrogen-bond acceptors (Lipinski definition) is 5. The Kier molecular flexibility index (Phi) is 9.66. The molecule has 0 heterocycles. The molecular formula is C31H40N4O3. The molecule has 38 heavy (non-hydrogen) atoms. The highest BCUT2D eigenvalue weighted by Crippen LogP contribution is 2.31. The van der Waals surface area contributed by atoms with Gasteiger partial charge in [0.05, 0.1) is 0 Å². The van der Waals surface area contributed by atoms with Crippen molar-refractivity contribution >= 4 is 11.8 Å². The predicted molar refractivity (Wildman–Crippen MR) is 152 cm³/mol. The first-order chi connectivity index (χ1) is 18.0. The number of primary amides is 1. The Labute approximate surface area is 225 Å². The van der Waals surface area contributed by atoms with E-state index in [0.29, 0.717) is 13.0 Å². The average Bonchev–Trinajstić information content (AvgIpc) is 2.85. The molecule has 0 radical (unpaired) electrons. The SMILES string of the molecule is CN(C[C@@H](N)Cc1ccccc1)[C@H](C(=O)N[C@@H](Cc1ccc(O)c(C(C)(C)C)c1)C(N)=O)c1ccccc1. The molecular weight excluding hydrogens is 476 g/mol. The smallest absolute Gasteiger partial charge is 0.242 e. The van der Waals surface area contributed by atoms with Crippen LogP contribution in [0.1, 0.15) is 49.1 Å². The molecule has 3 atom stereocenters. The summed E-state index contributed by atoms with van der Waals surface area (Å²) in [4.78, 5) is 28.0. The molecule has 3 aromatic carbocycles. The van der Waals surface area contributed by atoms with E-state index in [1.165, 1.54) is 0 Å². The number of likely N-dealkylation sites (N-methyl/N-ethyl adjacent to an activating group) is 1. The minimum absolute atomic E-state index is 0.193. The van der Waals surface area contributed by atoms with Gasteiger partial charge in [0, 0.05) is 19.0 Å². The van der Waals surface area contributed by atoms with E-state index in [2.05, 4.69) is 5.32 Å². The van der Waals surface area contributed by atoms with Crippen LogP contribution >= 0.6 is 0 Å². The third kappa shape index (κ3) is 7.91. The molecule has 202 valence electrons. The van der Waals surface area contributed by atoms with Gasteiger partial charge >= 0.3 is 0 Å². The molecule has 0 spiro atoms. The second-order valence-corrected chi connectivity index (χ2v) is 11.0. The Balaban J connectivity index is 1.79. The molecule has 0 saturated heterocycles. The van der Waals surface area contributed by atoms with Crippen LogP contribution in [-0.2, 0) is 27.8 Å². The van der Waals surface area contributed by atoms with Gasteiger partial charge in [0.15, 0.2) is 0 Å². The van der Waals surface area contributed by atoms with Gasteiger partial charge in [0.1, 0.15) is 17.8 Å². The van der Waals surface area contributed by atoms with Crippen LogP contribution in [0.25, 0.3) is 0 Å². The Morgan fingerprint density at radius 3 is 2.11 bits per heavy atom. The minimum atomic E-state index is -0.919. The normalized spacial score (nSPS) is 14.1. The van der Waals surface area contributed by atoms with Crippen LogP contribution in [0.2, 0.25) is 0 Å². The predicted octanol–water partition coefficient (Wildman–Crippen LogP) is 3.45. The zero-order valence-corrected chi connectivity index (χ0v) is 22.7. The lowest BCUT2D eigenvalue weighted by atomic mass is 9.84. The van der Waals surface area contributed by atoms with Crippen LogP contribution in [0, 0.1) is 0 Å². The van der Waals surface area contributed by atoms with Crippen molar-refractivity contribution in [2.75, 3.05) is 13.6 Å². The van der Waals surface area contributed by atoms with Gasteiger partial charge in [-0.2, -0.15) is 0 Å². The van der Waals surface area contributed by atoms with E-state index in [9.17, 15) is 14.7 Å². The van der Waals surface area contributed by atoms with Gasteiger partial charge in [0.2, 0.25) is 11.8 Å². The lowest BCUT2D eigenvalue weighted by Crippen LogP contribution is -2.51. The van der Waals surface area contributed by atoms with Crippen molar-refractivity contribution in [1.29, 1.82) is 0 Å². The Bertz CT molecular complexity index is 1210. The summed E-state index contributed by atoms with van der Waals surface area (Å²) < 4.78 is 0. The van der Waals surface area contributed by atoms with Gasteiger partial charge in [-0.25, -0.2) is 0 Å². The number of nitrogens with one attached hydrogen (secondary N) is 1. The molecule has 0 aliphatic carbocycles. The van der Waals surface area contributed by atoms with Crippen LogP contribution in [0.3, 0.4) is 0 Å². The van der Waals surface area contributed by atoms with E-state index in [1.54, 1.807) is 12.1 Å². The highest BCUT2D eigenvalue weighted by atomic mass is 16.3. The van der Waals surface area contributed by atoms with Gasteiger partial charge in [-0.15, -0.1) is 0 Å². The first kappa shape index (κ1) is 28.9. The second-order valence-electron chi connectivity index (χ2n) is 11.0. The lowest BCUT2D eigenvalue weighted by Gasteiger charge is -2.31. The Morgan fingerprint density at radius 1 is 0.921 bits per heavy atom. The summed E-state index contributed by atoms with van der Waals surface area (Å²) in [5.74, 6) is -0.762. The lowest BCUT2D eigenvalue weighted by molar-refractivity contribution is -0.130. The van der Waals surface area contributed by atoms with Crippen LogP contribution in [0.4, 0.5) is 0 Å². The zero-order chi connectivity index (χ0) is 27.9. The molecule has 0 fully saturated rings. The number of hydrogen-bond donors (Lipinski definition) is 4. The number of phenolic OH excluding ortho intramolecular Hbond substituents is 1. The number of rotatable bonds is 11. The van der Waals surface area contributed by atoms with Crippen molar-refractivity contribution in [2.45, 2.75) is 57.2 Å². The van der Waals surface area contributed by atoms with Gasteiger partial charge in [-0.05, 0) is 47.2 Å². The number of nitrogens with two attached hydrogens (primary N) is 2. The fourth-order valence-electron chi connectivity index (χ4n) is 4.72. The average molecular weight is 517 g/mol. The monoisotopic (exact) mass is 516 g/mol. The second kappa shape index (κ2) is 12.7. The fourth-order valence-corrected chi connectivity index (χ4v) is 4.72. The summed E-state index contributed by atoms with van der Waals surface area (Å²) in [7, 11) is 1.86. The van der Waals surface area contributed by atoms with Crippen LogP contribution in [-0.4, -0.2) is 47.5 Å². The molecule has 0 aliphatic rings. The molecule has 0 aromatic heterocycles. The summed E-state index contributed by atoms with van der Waals surface area (Å²) in [6.45, 7) is 6.47. The minimum Gasteiger partial charge on any atom is -0.508 e. The standard InChI is InChI=1S/C31H40N4O3/c1-31(2,3)25-18-22(15-16-27(25)36)19-26(29(33)37)34-30(38)28(23-13-9-6-10-14-23)35(4)20-24(32)17-21-11-7-5-8-12-21/h5-16,18,24,26,28,36H,17,19-20,32H2,1-4H3,(H2,33,37)(H,34,38)/t24-,26-,28-/m0/s1. The number of benzene rings is 3. The van der Waals surface area contributed by atoms with Crippen molar-refractivity contribution in [2.24, 2.45) is 11.5 Å². The van der Waals surface area contributed by atoms with Gasteiger partial charge < -0.3 is 21.9 Å². The first-order valence-corrected chi connectivity index (χ1v) is 12.9. The maximum absolute atomic E-state index is 13.7. The molecule has 0 saturated carbocycles. The van der Waals surface area contributed by atoms with Crippen molar-refractivity contribution in [3.05, 3.63) is 101 Å². The summed E-state index contributed by atoms with van der Waals surface area (Å²) in [6, 6.07) is 22.9. The van der Waals surface area contributed by atoms with Crippen LogP contribution in [0.5, 0.6) is 5.75 Å². The van der Waals surface area contributed by atoms with E-state index in [0.717, 1.165) is 22.3 Å². The summed E-state index contributed by atoms with van der Waals surface area (Å²) >= 11 is 0. The molecule has 7 heteroatoms. The molecule has 0 aliphatic heterocycles. The zero-order valence-electron chi connectivity index (χ0n) is 22.7. The van der Waals surface area contributed by atoms with E-state index < -0.39 is 18.0 Å². The Hall–Kier alpha value is -3.68. The number of nitrogens with zero attached hydrogens (tertiary/aromatic N) is 1. The third-order valence-corrected chi connectivity index (χ3v) is 6.64. The molecule has 3 rings (SSSR count). The van der Waals surface area contributed by atoms with Crippen molar-refractivity contribution in [1.82, 2.24) is 10.2 Å². The van der Waals surface area contributed by atoms with Crippen molar-refractivity contribution in [3.8, 4) is 5.75 Å². The van der Waals surface area contributed by atoms with Crippen molar-refractivity contribution < 1.29 is 14.7 Å². The van der Waals surface area contributed by atoms with Gasteiger partial charge in [0.25, 0.3) is 0 Å². The fraction of sp³-hybridized carbons (Fsp3) is 0.355. The summed E-state index contributed by atoms with van der Waals surface area (Å²) in [6.07, 6.45) is 0.887. The number of phenols is 1. The molecule has 3 aromatic rings. The maximum atomic E-state index is 13.7. The number of carbonyl (C=O) groups is 2. The molecule has 0 bridgehead atoms. The van der Waals surface area contributed by atoms with Crippen LogP contribution in [0.15, 0.2) is 78.9 Å². The molecule has 2 amide bonds. The van der Waals surface area contributed by atoms with Gasteiger partial charge in [-0.1, -0.05) is 93.6 Å². The topological polar surface area (TPSA) is 122 Å². The maximum Gasteiger partial charge on any atom is 0.242 e. The molecule has 0 unspecified atom stereocenters. The van der Waals surface area contributed by atoms with Crippen molar-refractivity contribution in [3.63, 3.8) is 0 Å². The largest absolute Gasteiger partial charge is 0.508 e. The highest BCUT2D eigenvalue weighted by Gasteiger charge is 2.30. The number of aromatic hydroxyl groups is 1. The summed E-state index contributed by atoms with van der Waals surface area (Å²) in [5, 5.41) is 13.2. The van der Waals surface area contributed by atoms with E-state index in [-0.39, 0.29) is 29.5 Å². The number of amides is 2. The quantitative estimate of drug-likeness (QED) is 0.311. The van der Waals surface area contributed by atoms with E-state index in [4.69, 9.17) is 11.5 Å². The highest BCUT2D eigenvalue weighted by molar-refractivity contribution is 5.89. The van der Waals surface area contributed by atoms with Gasteiger partial charge in [-0.3, -0.25) is 14.5 Å². The van der Waals surface area contributed by atoms with Crippen LogP contribution < -0.4 is 16.8 Å². The Morgan fingerprint density at radius 2 is 1.53 bits per heavy atom. The van der Waals surface area contributed by atoms with E-state index in [1.807, 2.05) is 99.4 Å². The van der Waals surface area contributed by atoms with E-state index >= 15 is 0 Å². The third-order valence-electron chi connectivity index (χ3n) is 6.64. The summed E-state index contributed by atoms with van der Waals surface area (Å²) in [5.41, 5.74) is 15.4.